The van der Waals surface area contributed by atoms with Gasteiger partial charge in [0.15, 0.2) is 0 Å². The summed E-state index contributed by atoms with van der Waals surface area (Å²) in [5.74, 6) is 1.33. The largest absolute Gasteiger partial charge is 0.394 e. The van der Waals surface area contributed by atoms with E-state index in [0.29, 0.717) is 16.8 Å². The summed E-state index contributed by atoms with van der Waals surface area (Å²) in [7, 11) is 0. The van der Waals surface area contributed by atoms with Crippen LogP contribution in [0.2, 0.25) is 5.15 Å². The molecule has 0 bridgehead atoms. The molecule has 1 fully saturated rings. The first kappa shape index (κ1) is 10.6. The van der Waals surface area contributed by atoms with Crippen molar-refractivity contribution in [3.05, 3.63) is 17.0 Å². The molecule has 2 rings (SSSR count). The lowest BCUT2D eigenvalue weighted by Gasteiger charge is -2.41. The minimum Gasteiger partial charge on any atom is -0.394 e. The molecule has 1 aliphatic carbocycles. The molecular formula is C10H14ClN3O. The number of aromatic nitrogens is 2. The van der Waals surface area contributed by atoms with Gasteiger partial charge in [-0.25, -0.2) is 9.97 Å². The maximum Gasteiger partial charge on any atom is 0.134 e. The molecule has 0 amide bonds. The van der Waals surface area contributed by atoms with Gasteiger partial charge in [0.1, 0.15) is 16.8 Å². The predicted molar refractivity (Wildman–Crippen MR) is 59.1 cm³/mol. The van der Waals surface area contributed by atoms with Crippen LogP contribution < -0.4 is 5.32 Å². The number of anilines is 1. The molecule has 0 atom stereocenters. The minimum atomic E-state index is -0.190. The van der Waals surface area contributed by atoms with E-state index in [1.165, 1.54) is 0 Å². The Kier molecular flexibility index (Phi) is 2.80. The van der Waals surface area contributed by atoms with Crippen LogP contribution in [0.5, 0.6) is 0 Å². The van der Waals surface area contributed by atoms with Crippen LogP contribution in [0.3, 0.4) is 0 Å². The zero-order valence-corrected chi connectivity index (χ0v) is 9.38. The van der Waals surface area contributed by atoms with Gasteiger partial charge >= 0.3 is 0 Å². The number of aliphatic hydroxyl groups excluding tert-OH is 1. The average molecular weight is 228 g/mol. The van der Waals surface area contributed by atoms with E-state index in [9.17, 15) is 5.11 Å². The normalized spacial score (nSPS) is 18.3. The van der Waals surface area contributed by atoms with Crippen LogP contribution in [0, 0.1) is 6.92 Å². The van der Waals surface area contributed by atoms with Crippen molar-refractivity contribution in [3.8, 4) is 0 Å². The summed E-state index contributed by atoms with van der Waals surface area (Å²) in [6.07, 6.45) is 3.10. The fraction of sp³-hybridized carbons (Fsp3) is 0.600. The third-order valence-corrected chi connectivity index (χ3v) is 3.01. The second-order valence-electron chi connectivity index (χ2n) is 4.04. The first-order valence-corrected chi connectivity index (χ1v) is 5.42. The fourth-order valence-corrected chi connectivity index (χ4v) is 2.02. The maximum absolute atomic E-state index is 9.30. The van der Waals surface area contributed by atoms with Crippen molar-refractivity contribution in [2.45, 2.75) is 31.7 Å². The van der Waals surface area contributed by atoms with Gasteiger partial charge in [-0.1, -0.05) is 11.6 Å². The number of rotatable bonds is 3. The van der Waals surface area contributed by atoms with Crippen molar-refractivity contribution < 1.29 is 5.11 Å². The zero-order chi connectivity index (χ0) is 10.9. The molecule has 2 N–H and O–H groups in total. The van der Waals surface area contributed by atoms with Crippen molar-refractivity contribution in [2.24, 2.45) is 0 Å². The Morgan fingerprint density at radius 2 is 2.27 bits per heavy atom. The van der Waals surface area contributed by atoms with E-state index in [0.717, 1.165) is 19.3 Å². The molecule has 0 radical (unpaired) electrons. The average Bonchev–Trinajstić information content (AvgIpc) is 2.10. The van der Waals surface area contributed by atoms with E-state index in [4.69, 9.17) is 11.6 Å². The van der Waals surface area contributed by atoms with Gasteiger partial charge in [-0.3, -0.25) is 0 Å². The number of aliphatic hydroxyl groups is 1. The van der Waals surface area contributed by atoms with E-state index >= 15 is 0 Å². The van der Waals surface area contributed by atoms with Crippen LogP contribution in [0.25, 0.3) is 0 Å². The number of aryl methyl sites for hydroxylation is 1. The van der Waals surface area contributed by atoms with Gasteiger partial charge in [-0.2, -0.15) is 0 Å². The quantitative estimate of drug-likeness (QED) is 0.773. The van der Waals surface area contributed by atoms with Crippen molar-refractivity contribution in [1.29, 1.82) is 0 Å². The van der Waals surface area contributed by atoms with Crippen LogP contribution in [0.1, 0.15) is 25.1 Å². The lowest BCUT2D eigenvalue weighted by atomic mass is 9.77. The highest BCUT2D eigenvalue weighted by molar-refractivity contribution is 6.29. The van der Waals surface area contributed by atoms with Gasteiger partial charge in [0.2, 0.25) is 0 Å². The van der Waals surface area contributed by atoms with Crippen LogP contribution in [0.15, 0.2) is 6.07 Å². The molecule has 1 saturated carbocycles. The zero-order valence-electron chi connectivity index (χ0n) is 8.63. The molecule has 82 valence electrons. The molecule has 0 spiro atoms. The van der Waals surface area contributed by atoms with E-state index < -0.39 is 0 Å². The van der Waals surface area contributed by atoms with Crippen molar-refractivity contribution in [3.63, 3.8) is 0 Å². The summed E-state index contributed by atoms with van der Waals surface area (Å²) in [5, 5.41) is 13.0. The third-order valence-electron chi connectivity index (χ3n) is 2.81. The Bertz CT molecular complexity index is 340. The van der Waals surface area contributed by atoms with Gasteiger partial charge in [0, 0.05) is 6.07 Å². The van der Waals surface area contributed by atoms with E-state index in [1.54, 1.807) is 13.0 Å². The smallest absolute Gasteiger partial charge is 0.134 e. The lowest BCUT2D eigenvalue weighted by molar-refractivity contribution is 0.144. The van der Waals surface area contributed by atoms with Crippen LogP contribution in [-0.2, 0) is 0 Å². The molecule has 0 saturated heterocycles. The summed E-state index contributed by atoms with van der Waals surface area (Å²) >= 11 is 5.83. The highest BCUT2D eigenvalue weighted by Gasteiger charge is 2.36. The molecule has 1 aliphatic rings. The summed E-state index contributed by atoms with van der Waals surface area (Å²) in [6.45, 7) is 1.93. The molecule has 1 heterocycles. The first-order valence-electron chi connectivity index (χ1n) is 5.04. The number of hydrogen-bond donors (Lipinski definition) is 2. The van der Waals surface area contributed by atoms with E-state index in [-0.39, 0.29) is 12.1 Å². The lowest BCUT2D eigenvalue weighted by Crippen LogP contribution is -2.48. The van der Waals surface area contributed by atoms with E-state index in [1.807, 2.05) is 0 Å². The Balaban J connectivity index is 2.16. The molecular weight excluding hydrogens is 214 g/mol. The molecule has 1 aromatic heterocycles. The van der Waals surface area contributed by atoms with Crippen molar-refractivity contribution >= 4 is 17.4 Å². The third kappa shape index (κ3) is 2.21. The topological polar surface area (TPSA) is 58.0 Å². The first-order chi connectivity index (χ1) is 7.13. The molecule has 5 heteroatoms. The standard InChI is InChI=1S/C10H14ClN3O/c1-7-12-8(11)5-9(13-7)14-10(6-15)3-2-4-10/h5,15H,2-4,6H2,1H3,(H,12,13,14). The van der Waals surface area contributed by atoms with E-state index in [2.05, 4.69) is 15.3 Å². The van der Waals surface area contributed by atoms with Crippen molar-refractivity contribution in [1.82, 2.24) is 9.97 Å². The van der Waals surface area contributed by atoms with Gasteiger partial charge in [0.25, 0.3) is 0 Å². The highest BCUT2D eigenvalue weighted by atomic mass is 35.5. The SMILES string of the molecule is Cc1nc(Cl)cc(NC2(CO)CCC2)n1. The monoisotopic (exact) mass is 227 g/mol. The number of nitrogens with one attached hydrogen (secondary N) is 1. The van der Waals surface area contributed by atoms with Gasteiger partial charge in [0.05, 0.1) is 12.1 Å². The highest BCUT2D eigenvalue weighted by Crippen LogP contribution is 2.34. The Morgan fingerprint density at radius 1 is 1.53 bits per heavy atom. The second kappa shape index (κ2) is 3.94. The fourth-order valence-electron chi connectivity index (χ4n) is 1.79. The Hall–Kier alpha value is -0.870. The van der Waals surface area contributed by atoms with Crippen molar-refractivity contribution in [2.75, 3.05) is 11.9 Å². The minimum absolute atomic E-state index is 0.133. The van der Waals surface area contributed by atoms with Crippen LogP contribution in [0.4, 0.5) is 5.82 Å². The van der Waals surface area contributed by atoms with Crippen LogP contribution in [-0.4, -0.2) is 27.2 Å². The van der Waals surface area contributed by atoms with Gasteiger partial charge < -0.3 is 10.4 Å². The molecule has 15 heavy (non-hydrogen) atoms. The Morgan fingerprint density at radius 3 is 2.73 bits per heavy atom. The van der Waals surface area contributed by atoms with Crippen LogP contribution >= 0.6 is 11.6 Å². The predicted octanol–water partition coefficient (Wildman–Crippen LogP) is 1.77. The summed E-state index contributed by atoms with van der Waals surface area (Å²) in [5.41, 5.74) is -0.190. The van der Waals surface area contributed by atoms with Gasteiger partial charge in [-0.05, 0) is 26.2 Å². The van der Waals surface area contributed by atoms with Gasteiger partial charge in [-0.15, -0.1) is 0 Å². The molecule has 4 nitrogen and oxygen atoms in total. The molecule has 1 aromatic rings. The number of nitrogens with zero attached hydrogens (tertiary/aromatic N) is 2. The maximum atomic E-state index is 9.30. The molecule has 0 aliphatic heterocycles. The Labute approximate surface area is 93.7 Å². The molecule has 0 aromatic carbocycles. The summed E-state index contributed by atoms with van der Waals surface area (Å²) < 4.78 is 0. The second-order valence-corrected chi connectivity index (χ2v) is 4.43. The summed E-state index contributed by atoms with van der Waals surface area (Å²) in [6, 6.07) is 1.68. The number of halogens is 1. The summed E-state index contributed by atoms with van der Waals surface area (Å²) in [4.78, 5) is 8.22. The number of hydrogen-bond acceptors (Lipinski definition) is 4. The molecule has 0 unspecified atom stereocenters.